The van der Waals surface area contributed by atoms with Gasteiger partial charge in [-0.1, -0.05) is 91.0 Å². The summed E-state index contributed by atoms with van der Waals surface area (Å²) in [6.07, 6.45) is 3.44. The van der Waals surface area contributed by atoms with Gasteiger partial charge in [-0.3, -0.25) is 24.1 Å². The molecule has 2 atom stereocenters. The number of nitrogens with zero attached hydrogens (tertiary/aromatic N) is 3. The van der Waals surface area contributed by atoms with E-state index in [1.165, 1.54) is 17.7 Å². The van der Waals surface area contributed by atoms with Crippen LogP contribution in [-0.4, -0.2) is 113 Å². The predicted octanol–water partition coefficient (Wildman–Crippen LogP) is 6.83. The lowest BCUT2D eigenvalue weighted by atomic mass is 9.71. The van der Waals surface area contributed by atoms with E-state index in [2.05, 4.69) is 39.5 Å². The van der Waals surface area contributed by atoms with Crippen molar-refractivity contribution in [3.05, 3.63) is 177 Å². The molecule has 3 fully saturated rings. The summed E-state index contributed by atoms with van der Waals surface area (Å²) in [7, 11) is 0. The van der Waals surface area contributed by atoms with E-state index in [0.29, 0.717) is 79.4 Å². The molecule has 1 aromatic heterocycles. The first-order chi connectivity index (χ1) is 33.6. The fraction of sp³-hybridized carbons (Fsp3) is 0.357. The molecule has 0 bridgehead atoms. The Morgan fingerprint density at radius 1 is 0.768 bits per heavy atom. The summed E-state index contributed by atoms with van der Waals surface area (Å²) in [5.41, 5.74) is 5.18. The van der Waals surface area contributed by atoms with Crippen molar-refractivity contribution in [2.24, 2.45) is 11.3 Å². The van der Waals surface area contributed by atoms with E-state index >= 15 is 0 Å². The molecule has 5 aromatic carbocycles. The number of amides is 2. The molecule has 69 heavy (non-hydrogen) atoms. The number of aromatic amines is 1. The molecule has 358 valence electrons. The number of piperidine rings is 2. The van der Waals surface area contributed by atoms with Gasteiger partial charge in [0.05, 0.1) is 18.2 Å². The summed E-state index contributed by atoms with van der Waals surface area (Å²) in [6.45, 7) is 6.57. The van der Waals surface area contributed by atoms with Gasteiger partial charge in [0.2, 0.25) is 5.56 Å². The first-order valence-electron chi connectivity index (χ1n) is 24.2. The average Bonchev–Trinajstić information content (AvgIpc) is 3.37. The fourth-order valence-corrected chi connectivity index (χ4v) is 10.1. The van der Waals surface area contributed by atoms with Crippen molar-refractivity contribution >= 4 is 28.7 Å². The highest BCUT2D eigenvalue weighted by Crippen LogP contribution is 2.41. The third-order valence-electron chi connectivity index (χ3n) is 14.3. The van der Waals surface area contributed by atoms with Crippen LogP contribution >= 0.6 is 0 Å². The molecule has 0 aliphatic carbocycles. The van der Waals surface area contributed by atoms with Crippen LogP contribution in [-0.2, 0) is 27.3 Å². The summed E-state index contributed by atoms with van der Waals surface area (Å²) in [5.74, 6) is -0.233. The van der Waals surface area contributed by atoms with Gasteiger partial charge in [-0.15, -0.1) is 0 Å². The number of phenolic OH excluding ortho intramolecular Hbond substituents is 1. The lowest BCUT2D eigenvalue weighted by Crippen LogP contribution is -2.62. The maximum absolute atomic E-state index is 13.9. The SMILES string of the molecule is O=C(OCC1CCN(Cc2ccccc2)CC1)C(c1ccccc1)c1cccc(OCC(=O)N2CCC3(CC2)CN(C(=O)c2ccc(CCNC[C@H](O)c4ccc(O)c5[nH]c(=O)ccc45)cc2)C3)c1. The Balaban J connectivity index is 0.697. The van der Waals surface area contributed by atoms with Crippen LogP contribution in [0.3, 0.4) is 0 Å². The number of aromatic hydroxyl groups is 1. The molecule has 13 heteroatoms. The summed E-state index contributed by atoms with van der Waals surface area (Å²) < 4.78 is 12.1. The lowest BCUT2D eigenvalue weighted by Gasteiger charge is -2.54. The molecule has 9 rings (SSSR count). The Labute approximate surface area is 402 Å². The van der Waals surface area contributed by atoms with Crippen LogP contribution in [0.2, 0.25) is 0 Å². The maximum Gasteiger partial charge on any atom is 0.317 e. The third kappa shape index (κ3) is 11.6. The third-order valence-corrected chi connectivity index (χ3v) is 14.3. The highest BCUT2D eigenvalue weighted by Gasteiger charge is 2.47. The summed E-state index contributed by atoms with van der Waals surface area (Å²) in [4.78, 5) is 61.3. The maximum atomic E-state index is 13.9. The van der Waals surface area contributed by atoms with E-state index < -0.39 is 12.0 Å². The molecule has 3 aliphatic rings. The first kappa shape index (κ1) is 47.3. The monoisotopic (exact) mass is 931 g/mol. The van der Waals surface area contributed by atoms with E-state index in [0.717, 1.165) is 62.0 Å². The van der Waals surface area contributed by atoms with Gasteiger partial charge in [0, 0.05) is 61.7 Å². The first-order valence-corrected chi connectivity index (χ1v) is 24.2. The highest BCUT2D eigenvalue weighted by molar-refractivity contribution is 5.95. The van der Waals surface area contributed by atoms with Gasteiger partial charge in [0.15, 0.2) is 6.61 Å². The number of rotatable bonds is 17. The van der Waals surface area contributed by atoms with Gasteiger partial charge in [-0.2, -0.15) is 0 Å². The molecule has 0 saturated carbocycles. The minimum Gasteiger partial charge on any atom is -0.506 e. The van der Waals surface area contributed by atoms with Crippen molar-refractivity contribution < 1.29 is 34.1 Å². The minimum atomic E-state index is -0.843. The van der Waals surface area contributed by atoms with Crippen molar-refractivity contribution in [2.45, 2.75) is 50.7 Å². The van der Waals surface area contributed by atoms with Gasteiger partial charge in [0.1, 0.15) is 17.4 Å². The number of benzene rings is 5. The standard InChI is InChI=1S/C56H61N5O8/c62-48-20-18-46(47-19-21-50(64)58-53(47)48)49(63)33-57-27-22-39-14-16-43(17-15-39)54(66)61-37-56(38-61)25-30-60(31-26-56)51(65)36-68-45-13-7-12-44(32-45)52(42-10-5-2-6-11-42)55(67)69-35-41-23-28-59(29-24-41)34-40-8-3-1-4-9-40/h1-21,32,41,49,52,57,62-63H,22-31,33-38H2,(H,58,64)/t49-,52?/m0/s1. The summed E-state index contributed by atoms with van der Waals surface area (Å²) in [5, 5.41) is 24.9. The van der Waals surface area contributed by atoms with Crippen LogP contribution < -0.4 is 15.6 Å². The van der Waals surface area contributed by atoms with E-state index in [1.54, 1.807) is 12.1 Å². The number of nitrogens with one attached hydrogen (secondary N) is 2. The Kier molecular flexibility index (Phi) is 14.8. The molecule has 4 heterocycles. The van der Waals surface area contributed by atoms with Crippen molar-refractivity contribution in [2.75, 3.05) is 65.6 Å². The highest BCUT2D eigenvalue weighted by atomic mass is 16.5. The molecular weight excluding hydrogens is 871 g/mol. The average molecular weight is 932 g/mol. The van der Waals surface area contributed by atoms with Gasteiger partial charge in [-0.25, -0.2) is 0 Å². The van der Waals surface area contributed by atoms with Crippen molar-refractivity contribution in [3.8, 4) is 11.5 Å². The second-order valence-corrected chi connectivity index (χ2v) is 19.0. The van der Waals surface area contributed by atoms with E-state index in [-0.39, 0.29) is 47.7 Å². The second kappa shape index (κ2) is 21.7. The minimum absolute atomic E-state index is 0.00221. The Bertz CT molecular complexity index is 2760. The van der Waals surface area contributed by atoms with E-state index in [1.807, 2.05) is 94.7 Å². The number of likely N-dealkylation sites (tertiary alicyclic amines) is 3. The van der Waals surface area contributed by atoms with Crippen molar-refractivity contribution in [1.29, 1.82) is 0 Å². The fourth-order valence-electron chi connectivity index (χ4n) is 10.1. The Morgan fingerprint density at radius 3 is 2.22 bits per heavy atom. The van der Waals surface area contributed by atoms with Crippen LogP contribution in [0, 0.1) is 11.3 Å². The number of esters is 1. The largest absolute Gasteiger partial charge is 0.506 e. The van der Waals surface area contributed by atoms with Crippen LogP contribution in [0.5, 0.6) is 11.5 Å². The number of H-pyrrole nitrogens is 1. The molecular formula is C56H61N5O8. The number of phenols is 1. The number of hydrogen-bond acceptors (Lipinski definition) is 10. The second-order valence-electron chi connectivity index (χ2n) is 19.0. The zero-order valence-electron chi connectivity index (χ0n) is 38.9. The molecule has 3 saturated heterocycles. The molecule has 0 radical (unpaired) electrons. The van der Waals surface area contributed by atoms with Gasteiger partial charge >= 0.3 is 5.97 Å². The number of aliphatic hydroxyl groups excluding tert-OH is 1. The lowest BCUT2D eigenvalue weighted by molar-refractivity contribution is -0.146. The number of aliphatic hydroxyl groups is 1. The number of pyridine rings is 1. The quantitative estimate of drug-likeness (QED) is 0.0563. The predicted molar refractivity (Wildman–Crippen MR) is 264 cm³/mol. The van der Waals surface area contributed by atoms with Gasteiger partial charge in [-0.05, 0) is 122 Å². The van der Waals surface area contributed by atoms with Crippen LogP contribution in [0.1, 0.15) is 75.9 Å². The van der Waals surface area contributed by atoms with Crippen LogP contribution in [0.25, 0.3) is 10.9 Å². The zero-order chi connectivity index (χ0) is 47.7. The molecule has 4 N–H and O–H groups in total. The molecule has 2 amide bonds. The van der Waals surface area contributed by atoms with Crippen LogP contribution in [0.4, 0.5) is 0 Å². The molecule has 13 nitrogen and oxygen atoms in total. The van der Waals surface area contributed by atoms with E-state index in [9.17, 15) is 29.4 Å². The topological polar surface area (TPSA) is 165 Å². The van der Waals surface area contributed by atoms with Crippen LogP contribution in [0.15, 0.2) is 138 Å². The number of carbonyl (C=O) groups is 3. The normalized spacial score (nSPS) is 17.0. The Morgan fingerprint density at radius 2 is 1.48 bits per heavy atom. The Hall–Kier alpha value is -6.80. The summed E-state index contributed by atoms with van der Waals surface area (Å²) >= 11 is 0. The van der Waals surface area contributed by atoms with E-state index in [4.69, 9.17) is 9.47 Å². The number of carbonyl (C=O) groups excluding carboxylic acids is 3. The molecule has 6 aromatic rings. The number of ether oxygens (including phenoxy) is 2. The van der Waals surface area contributed by atoms with Crippen molar-refractivity contribution in [3.63, 3.8) is 0 Å². The van der Waals surface area contributed by atoms with Crippen molar-refractivity contribution in [1.82, 2.24) is 25.0 Å². The smallest absolute Gasteiger partial charge is 0.317 e. The zero-order valence-corrected chi connectivity index (χ0v) is 38.9. The number of hydrogen-bond donors (Lipinski definition) is 4. The van der Waals surface area contributed by atoms with Gasteiger partial charge < -0.3 is 39.8 Å². The number of aromatic nitrogens is 1. The summed E-state index contributed by atoms with van der Waals surface area (Å²) in [6, 6.07) is 41.3. The van der Waals surface area contributed by atoms with Gasteiger partial charge in [0.25, 0.3) is 11.8 Å². The molecule has 3 aliphatic heterocycles. The molecule has 1 spiro atoms. The number of fused-ring (bicyclic) bond motifs is 1. The molecule has 1 unspecified atom stereocenters.